The fourth-order valence-electron chi connectivity index (χ4n) is 7.34. The minimum atomic E-state index is -3.75. The summed E-state index contributed by atoms with van der Waals surface area (Å²) in [6.07, 6.45) is 8.62. The Balaban J connectivity index is 1.67. The molecule has 0 aromatic rings. The van der Waals surface area contributed by atoms with E-state index in [1.807, 2.05) is 0 Å². The van der Waals surface area contributed by atoms with Crippen molar-refractivity contribution >= 4 is 29.0 Å². The van der Waals surface area contributed by atoms with Gasteiger partial charge >= 0.3 is 7.12 Å². The summed E-state index contributed by atoms with van der Waals surface area (Å²) in [5, 5.41) is 22.9. The Kier molecular flexibility index (Phi) is 12.9. The molecule has 3 saturated carbocycles. The van der Waals surface area contributed by atoms with Crippen molar-refractivity contribution in [2.75, 3.05) is 12.3 Å². The molecule has 0 spiro atoms. The van der Waals surface area contributed by atoms with Crippen molar-refractivity contribution in [3.8, 4) is 0 Å². The van der Waals surface area contributed by atoms with Gasteiger partial charge in [0, 0.05) is 6.54 Å². The van der Waals surface area contributed by atoms with E-state index in [1.54, 1.807) is 5.43 Å². The number of nitrogens with one attached hydrogen (secondary N) is 5. The summed E-state index contributed by atoms with van der Waals surface area (Å²) < 4.78 is 41.9. The number of carbonyl (C=O) groups is 1. The largest absolute Gasteiger partial charge is 0.481 e. The molecular weight excluding hydrogens is 587 g/mol. The highest BCUT2D eigenvalue weighted by molar-refractivity contribution is 7.89. The molecule has 252 valence electrons. The molecule has 5 N–H and O–H groups in total. The summed E-state index contributed by atoms with van der Waals surface area (Å²) in [6, 6.07) is -1.06. The lowest BCUT2D eigenvalue weighted by Gasteiger charge is -2.64. The second-order valence-corrected chi connectivity index (χ2v) is 16.0. The van der Waals surface area contributed by atoms with Gasteiger partial charge in [-0.25, -0.2) is 23.3 Å². The Morgan fingerprint density at radius 3 is 2.43 bits per heavy atom. The molecule has 44 heavy (non-hydrogen) atoms. The average molecular weight is 643 g/mol. The minimum Gasteiger partial charge on any atom is -0.404 e. The Morgan fingerprint density at radius 2 is 1.80 bits per heavy atom. The van der Waals surface area contributed by atoms with Crippen LogP contribution in [0.25, 0.3) is 0 Å². The summed E-state index contributed by atoms with van der Waals surface area (Å²) in [4.78, 5) is 24.3. The first-order valence-corrected chi connectivity index (χ1v) is 18.1. The Labute approximate surface area is 263 Å². The monoisotopic (exact) mass is 642 g/mol. The first-order valence-electron chi connectivity index (χ1n) is 16.5. The summed E-state index contributed by atoms with van der Waals surface area (Å²) in [7, 11) is -4.38. The first kappa shape index (κ1) is 36.5. The van der Waals surface area contributed by atoms with Crippen LogP contribution in [0.1, 0.15) is 112 Å². The highest BCUT2D eigenvalue weighted by atomic mass is 32.2. The molecule has 1 aliphatic heterocycles. The molecule has 15 heteroatoms. The molecular formula is C29H55BN6O7S. The topological polar surface area (TPSA) is 185 Å². The molecule has 13 nitrogen and oxygen atoms in total. The standard InChI is InChI=1S/C29H55BN6O7S/c1-7-8-9-10-11-12-16-44(40,41)35-22(14-13-15-32-27(31)34-36(38)39)26(37)33-25(17-20(2)3)30-42-24-19-21-18-23(28(21,4)5)29(24,6)43-30/h20-25,35H,7-19H2,1-6H3,(H,33,37)(H3,31,32,34)/t21-,22-,23-,24+,25-,29-/m0/s1. The zero-order chi connectivity index (χ0) is 32.7. The van der Waals surface area contributed by atoms with Crippen LogP contribution < -0.4 is 20.8 Å². The fraction of sp³-hybridized carbons (Fsp3) is 0.931. The number of hydrogen-bond donors (Lipinski definition) is 5. The van der Waals surface area contributed by atoms with E-state index in [2.05, 4.69) is 56.9 Å². The van der Waals surface area contributed by atoms with Crippen LogP contribution in [0.5, 0.6) is 0 Å². The molecule has 1 amide bonds. The molecule has 4 aliphatic rings. The maximum absolute atomic E-state index is 13.7. The molecule has 4 rings (SSSR count). The Morgan fingerprint density at radius 1 is 1.11 bits per heavy atom. The van der Waals surface area contributed by atoms with Gasteiger partial charge in [-0.05, 0) is 68.6 Å². The van der Waals surface area contributed by atoms with Crippen LogP contribution in [0, 0.1) is 38.7 Å². The number of unbranched alkanes of at least 4 members (excludes halogenated alkanes) is 5. The maximum atomic E-state index is 13.7. The van der Waals surface area contributed by atoms with Crippen molar-refractivity contribution in [1.29, 1.82) is 5.41 Å². The molecule has 2 bridgehead atoms. The SMILES string of the molecule is CCCCCCCCS(=O)(=O)N[C@@H](CCCNC(=N)N[N+](=O)[O-])C(=O)N[C@@H](CC(C)C)B1O[C@@H]2C[C@@H]3C[C@@H](C3(C)C)[C@]2(C)O1. The van der Waals surface area contributed by atoms with E-state index in [0.717, 1.165) is 44.9 Å². The quantitative estimate of drug-likeness (QED) is 0.0351. The van der Waals surface area contributed by atoms with E-state index in [0.29, 0.717) is 31.1 Å². The van der Waals surface area contributed by atoms with Gasteiger partial charge in [0.25, 0.3) is 5.96 Å². The molecule has 4 fully saturated rings. The summed E-state index contributed by atoms with van der Waals surface area (Å²) in [5.41, 5.74) is 1.46. The van der Waals surface area contributed by atoms with Gasteiger partial charge < -0.3 is 19.9 Å². The number of nitro groups is 1. The number of rotatable bonds is 19. The second kappa shape index (κ2) is 15.6. The number of carbonyl (C=O) groups excluding carboxylic acids is 1. The third kappa shape index (κ3) is 9.52. The predicted molar refractivity (Wildman–Crippen MR) is 171 cm³/mol. The molecule has 1 saturated heterocycles. The van der Waals surface area contributed by atoms with Gasteiger partial charge in [-0.3, -0.25) is 10.2 Å². The van der Waals surface area contributed by atoms with E-state index >= 15 is 0 Å². The zero-order valence-electron chi connectivity index (χ0n) is 27.4. The molecule has 0 aromatic heterocycles. The van der Waals surface area contributed by atoms with Crippen LogP contribution in [0.4, 0.5) is 0 Å². The van der Waals surface area contributed by atoms with Gasteiger partial charge in [0.1, 0.15) is 6.04 Å². The molecule has 0 aromatic carbocycles. The molecule has 6 atom stereocenters. The van der Waals surface area contributed by atoms with Crippen LogP contribution in [-0.4, -0.2) is 68.4 Å². The van der Waals surface area contributed by atoms with Crippen LogP contribution in [-0.2, 0) is 24.1 Å². The number of guanidine groups is 1. The molecule has 3 aliphatic carbocycles. The number of hydrazine groups is 1. The van der Waals surface area contributed by atoms with Crippen molar-refractivity contribution in [2.24, 2.45) is 23.2 Å². The van der Waals surface area contributed by atoms with E-state index in [-0.39, 0.29) is 36.2 Å². The number of hydrogen-bond acceptors (Lipinski definition) is 8. The molecule has 0 radical (unpaired) electrons. The third-order valence-electron chi connectivity index (χ3n) is 9.93. The lowest BCUT2D eigenvalue weighted by Crippen LogP contribution is -2.65. The average Bonchev–Trinajstić information content (AvgIpc) is 3.28. The van der Waals surface area contributed by atoms with E-state index in [1.165, 1.54) is 0 Å². The van der Waals surface area contributed by atoms with Crippen molar-refractivity contribution in [3.63, 3.8) is 0 Å². The van der Waals surface area contributed by atoms with E-state index < -0.39 is 51.6 Å². The molecule has 0 unspecified atom stereocenters. The van der Waals surface area contributed by atoms with Gasteiger partial charge in [-0.2, -0.15) is 0 Å². The molecule has 1 heterocycles. The summed E-state index contributed by atoms with van der Waals surface area (Å²) in [5.74, 6) is -0.294. The number of amides is 1. The zero-order valence-corrected chi connectivity index (χ0v) is 28.3. The number of nitrogens with zero attached hydrogens (tertiary/aromatic N) is 1. The lowest BCUT2D eigenvalue weighted by molar-refractivity contribution is -0.525. The predicted octanol–water partition coefficient (Wildman–Crippen LogP) is 3.52. The van der Waals surface area contributed by atoms with E-state index in [4.69, 9.17) is 14.7 Å². The Bertz CT molecular complexity index is 1110. The maximum Gasteiger partial charge on any atom is 0.481 e. The highest BCUT2D eigenvalue weighted by Gasteiger charge is 2.68. The third-order valence-corrected chi connectivity index (χ3v) is 11.4. The van der Waals surface area contributed by atoms with Crippen molar-refractivity contribution in [2.45, 2.75) is 136 Å². The van der Waals surface area contributed by atoms with Crippen molar-refractivity contribution in [1.82, 2.24) is 20.8 Å². The lowest BCUT2D eigenvalue weighted by atomic mass is 9.43. The highest BCUT2D eigenvalue weighted by Crippen LogP contribution is 2.65. The summed E-state index contributed by atoms with van der Waals surface area (Å²) >= 11 is 0. The number of sulfonamides is 1. The van der Waals surface area contributed by atoms with Crippen LogP contribution in [0.3, 0.4) is 0 Å². The van der Waals surface area contributed by atoms with Crippen LogP contribution in [0.15, 0.2) is 0 Å². The van der Waals surface area contributed by atoms with Crippen molar-refractivity contribution < 1.29 is 27.6 Å². The van der Waals surface area contributed by atoms with Gasteiger partial charge in [-0.15, -0.1) is 0 Å². The summed E-state index contributed by atoms with van der Waals surface area (Å²) in [6.45, 7) is 13.1. The van der Waals surface area contributed by atoms with Gasteiger partial charge in [-0.1, -0.05) is 72.1 Å². The normalized spacial score (nSPS) is 26.8. The first-order chi connectivity index (χ1) is 20.6. The smallest absolute Gasteiger partial charge is 0.404 e. The van der Waals surface area contributed by atoms with E-state index in [9.17, 15) is 23.3 Å². The minimum absolute atomic E-state index is 0.0448. The van der Waals surface area contributed by atoms with Gasteiger partial charge in [0.15, 0.2) is 5.03 Å². The van der Waals surface area contributed by atoms with Gasteiger partial charge in [0.2, 0.25) is 15.9 Å². The van der Waals surface area contributed by atoms with Crippen molar-refractivity contribution in [3.05, 3.63) is 10.1 Å². The van der Waals surface area contributed by atoms with Crippen LogP contribution in [0.2, 0.25) is 0 Å². The fourth-order valence-corrected chi connectivity index (χ4v) is 8.70. The second-order valence-electron chi connectivity index (χ2n) is 14.2. The Hall–Kier alpha value is -1.97. The van der Waals surface area contributed by atoms with Gasteiger partial charge in [0.05, 0.1) is 23.4 Å². The van der Waals surface area contributed by atoms with Crippen LogP contribution >= 0.6 is 0 Å².